The zero-order valence-corrected chi connectivity index (χ0v) is 12.6. The molecule has 0 saturated carbocycles. The summed E-state index contributed by atoms with van der Waals surface area (Å²) in [6.07, 6.45) is 1.34. The van der Waals surface area contributed by atoms with E-state index in [1.54, 1.807) is 6.21 Å². The highest BCUT2D eigenvalue weighted by Gasteiger charge is 2.32. The highest BCUT2D eigenvalue weighted by molar-refractivity contribution is 9.11. The molecule has 0 unspecified atom stereocenters. The first kappa shape index (κ1) is 14.2. The molecule has 1 aliphatic rings. The van der Waals surface area contributed by atoms with Crippen LogP contribution in [0.2, 0.25) is 0 Å². The molecule has 1 saturated heterocycles. The molecule has 100 valence electrons. The molecule has 1 fully saturated rings. The number of aliphatic carboxylic acids is 1. The summed E-state index contributed by atoms with van der Waals surface area (Å²) in [6, 6.07) is 3.78. The molecular weight excluding hydrogens is 354 g/mol. The largest absolute Gasteiger partial charge is 0.481 e. The minimum Gasteiger partial charge on any atom is -0.481 e. The Morgan fingerprint density at radius 1 is 1.58 bits per heavy atom. The van der Waals surface area contributed by atoms with Crippen LogP contribution in [-0.4, -0.2) is 33.6 Å². The van der Waals surface area contributed by atoms with E-state index in [9.17, 15) is 9.59 Å². The standard InChI is InChI=1S/C10H8BrN3O3S2/c11-7-2-1-5(18-7)4-12-14-10-13-9(17)6(19-10)3-8(15)16/h1-2,4,6H,3H2,(H,15,16)(H,13,14,17)/t6-/m0/s1. The van der Waals surface area contributed by atoms with Crippen molar-refractivity contribution in [2.24, 2.45) is 10.2 Å². The normalized spacial score (nSPS) is 21.2. The van der Waals surface area contributed by atoms with Crippen molar-refractivity contribution in [2.45, 2.75) is 11.7 Å². The van der Waals surface area contributed by atoms with Gasteiger partial charge in [0.2, 0.25) is 5.91 Å². The Labute approximate surface area is 125 Å². The molecule has 1 aliphatic heterocycles. The number of carbonyl (C=O) groups excluding carboxylic acids is 1. The minimum atomic E-state index is -1.01. The van der Waals surface area contributed by atoms with E-state index in [2.05, 4.69) is 31.4 Å². The summed E-state index contributed by atoms with van der Waals surface area (Å²) in [7, 11) is 0. The van der Waals surface area contributed by atoms with Gasteiger partial charge in [-0.15, -0.1) is 16.4 Å². The quantitative estimate of drug-likeness (QED) is 0.632. The monoisotopic (exact) mass is 361 g/mol. The van der Waals surface area contributed by atoms with Crippen LogP contribution in [0.15, 0.2) is 26.1 Å². The van der Waals surface area contributed by atoms with E-state index in [0.717, 1.165) is 20.4 Å². The van der Waals surface area contributed by atoms with Gasteiger partial charge in [0.05, 0.1) is 16.4 Å². The molecule has 0 bridgehead atoms. The molecule has 19 heavy (non-hydrogen) atoms. The number of amides is 1. The number of amidine groups is 1. The molecule has 1 atom stereocenters. The van der Waals surface area contributed by atoms with E-state index in [4.69, 9.17) is 5.11 Å². The Morgan fingerprint density at radius 3 is 3.00 bits per heavy atom. The van der Waals surface area contributed by atoms with Crippen LogP contribution < -0.4 is 5.32 Å². The molecular formula is C10H8BrN3O3S2. The molecule has 2 rings (SSSR count). The second kappa shape index (κ2) is 6.31. The smallest absolute Gasteiger partial charge is 0.305 e. The number of carboxylic acids is 1. The second-order valence-corrected chi connectivity index (χ2v) is 7.17. The van der Waals surface area contributed by atoms with Crippen LogP contribution in [0.25, 0.3) is 0 Å². The predicted molar refractivity (Wildman–Crippen MR) is 78.8 cm³/mol. The van der Waals surface area contributed by atoms with Crippen LogP contribution in [-0.2, 0) is 9.59 Å². The first-order chi connectivity index (χ1) is 9.04. The lowest BCUT2D eigenvalue weighted by atomic mass is 10.3. The van der Waals surface area contributed by atoms with E-state index >= 15 is 0 Å². The molecule has 1 aromatic heterocycles. The number of rotatable bonds is 4. The number of halogens is 1. The van der Waals surface area contributed by atoms with E-state index in [1.807, 2.05) is 12.1 Å². The van der Waals surface area contributed by atoms with Crippen LogP contribution in [0.4, 0.5) is 0 Å². The van der Waals surface area contributed by atoms with E-state index in [-0.39, 0.29) is 12.3 Å². The van der Waals surface area contributed by atoms with Gasteiger partial charge >= 0.3 is 5.97 Å². The first-order valence-corrected chi connectivity index (χ1v) is 7.59. The molecule has 6 nitrogen and oxygen atoms in total. The van der Waals surface area contributed by atoms with Gasteiger partial charge in [-0.3, -0.25) is 9.59 Å². The van der Waals surface area contributed by atoms with Gasteiger partial charge in [-0.05, 0) is 28.1 Å². The Balaban J connectivity index is 1.96. The zero-order chi connectivity index (χ0) is 13.8. The third-order valence-corrected chi connectivity index (χ3v) is 4.69. The average molecular weight is 362 g/mol. The van der Waals surface area contributed by atoms with Crippen molar-refractivity contribution in [3.8, 4) is 0 Å². The fourth-order valence-electron chi connectivity index (χ4n) is 1.28. The maximum atomic E-state index is 11.4. The molecule has 1 amide bonds. The SMILES string of the molecule is O=C(O)C[C@@H]1S/C(=N\N=Cc2ccc(Br)s2)NC1=O. The Bertz CT molecular complexity index is 570. The van der Waals surface area contributed by atoms with Gasteiger partial charge in [-0.2, -0.15) is 5.10 Å². The van der Waals surface area contributed by atoms with Crippen LogP contribution in [0, 0.1) is 0 Å². The fraction of sp³-hybridized carbons (Fsp3) is 0.200. The second-order valence-electron chi connectivity index (χ2n) is 3.49. The minimum absolute atomic E-state index is 0.225. The van der Waals surface area contributed by atoms with Crippen molar-refractivity contribution < 1.29 is 14.7 Å². The number of hydrogen-bond donors (Lipinski definition) is 2. The maximum absolute atomic E-state index is 11.4. The zero-order valence-electron chi connectivity index (χ0n) is 9.37. The summed E-state index contributed by atoms with van der Waals surface area (Å²) < 4.78 is 0.992. The van der Waals surface area contributed by atoms with Gasteiger partial charge in [0.15, 0.2) is 5.17 Å². The summed E-state index contributed by atoms with van der Waals surface area (Å²) in [6.45, 7) is 0. The summed E-state index contributed by atoms with van der Waals surface area (Å²) in [5.41, 5.74) is 0. The Morgan fingerprint density at radius 2 is 2.37 bits per heavy atom. The van der Waals surface area contributed by atoms with Gasteiger partial charge in [-0.1, -0.05) is 11.8 Å². The molecule has 0 spiro atoms. The lowest BCUT2D eigenvalue weighted by molar-refractivity contribution is -0.138. The average Bonchev–Trinajstić information content (AvgIpc) is 2.86. The molecule has 1 aromatic rings. The predicted octanol–water partition coefficient (Wildman–Crippen LogP) is 1.91. The summed E-state index contributed by atoms with van der Waals surface area (Å²) >= 11 is 5.92. The number of thioether (sulfide) groups is 1. The van der Waals surface area contributed by atoms with Crippen molar-refractivity contribution >= 4 is 62.3 Å². The number of hydrogen-bond acceptors (Lipinski definition) is 6. The van der Waals surface area contributed by atoms with Crippen LogP contribution in [0.1, 0.15) is 11.3 Å². The van der Waals surface area contributed by atoms with Crippen molar-refractivity contribution in [1.29, 1.82) is 0 Å². The van der Waals surface area contributed by atoms with Crippen molar-refractivity contribution in [1.82, 2.24) is 5.32 Å². The molecule has 9 heteroatoms. The van der Waals surface area contributed by atoms with Crippen LogP contribution in [0.3, 0.4) is 0 Å². The third-order valence-electron chi connectivity index (χ3n) is 2.06. The highest BCUT2D eigenvalue weighted by atomic mass is 79.9. The Kier molecular flexibility index (Phi) is 4.72. The third kappa shape index (κ3) is 4.15. The number of nitrogens with zero attached hydrogens (tertiary/aromatic N) is 2. The van der Waals surface area contributed by atoms with E-state index in [1.165, 1.54) is 11.3 Å². The number of nitrogens with one attached hydrogen (secondary N) is 1. The topological polar surface area (TPSA) is 91.1 Å². The van der Waals surface area contributed by atoms with Crippen molar-refractivity contribution in [3.63, 3.8) is 0 Å². The molecule has 0 aliphatic carbocycles. The summed E-state index contributed by atoms with van der Waals surface area (Å²) in [5, 5.41) is 18.5. The fourth-order valence-corrected chi connectivity index (χ4v) is 3.49. The van der Waals surface area contributed by atoms with Gasteiger partial charge in [-0.25, -0.2) is 0 Å². The summed E-state index contributed by atoms with van der Waals surface area (Å²) in [5.74, 6) is -1.36. The maximum Gasteiger partial charge on any atom is 0.305 e. The highest BCUT2D eigenvalue weighted by Crippen LogP contribution is 2.23. The molecule has 2 N–H and O–H groups in total. The van der Waals surface area contributed by atoms with Crippen LogP contribution in [0.5, 0.6) is 0 Å². The van der Waals surface area contributed by atoms with Gasteiger partial charge in [0, 0.05) is 4.88 Å². The number of carbonyl (C=O) groups is 2. The Hall–Kier alpha value is -1.19. The number of thiophene rings is 1. The molecule has 0 aromatic carbocycles. The van der Waals surface area contributed by atoms with Gasteiger partial charge < -0.3 is 10.4 Å². The lowest BCUT2D eigenvalue weighted by Crippen LogP contribution is -2.26. The first-order valence-electron chi connectivity index (χ1n) is 5.10. The van der Waals surface area contributed by atoms with E-state index in [0.29, 0.717) is 5.17 Å². The van der Waals surface area contributed by atoms with Gasteiger partial charge in [0.25, 0.3) is 0 Å². The number of carboxylic acid groups (broad SMARTS) is 1. The van der Waals surface area contributed by atoms with E-state index < -0.39 is 11.2 Å². The van der Waals surface area contributed by atoms with Crippen molar-refractivity contribution in [3.05, 3.63) is 20.8 Å². The van der Waals surface area contributed by atoms with Crippen molar-refractivity contribution in [2.75, 3.05) is 0 Å². The summed E-state index contributed by atoms with van der Waals surface area (Å²) in [4.78, 5) is 22.9. The molecule has 2 heterocycles. The molecule has 0 radical (unpaired) electrons. The van der Waals surface area contributed by atoms with Gasteiger partial charge in [0.1, 0.15) is 5.25 Å². The lowest BCUT2D eigenvalue weighted by Gasteiger charge is -1.97. The van der Waals surface area contributed by atoms with Crippen LogP contribution >= 0.6 is 39.0 Å².